The molecule has 0 radical (unpaired) electrons. The molecule has 0 bridgehead atoms. The number of piperazine rings is 1. The molecule has 1 aliphatic rings. The largest absolute Gasteiger partial charge is 0.490 e. The maximum atomic E-state index is 13.5. The standard InChI is InChI=1S/C20H23F2N3O4S.C2HF3O2/c1-2-7-24-8-10-25(11-9-24)19-6-3-14(20(26)27)12-18(19)23-30(28,29)15-4-5-16(21)17(22)13-15;3-2(4,5)1(6)7/h3-6,12-13,23H,2,7-11H2,1H3,(H,26,27);(H,6,7). The first-order valence-corrected chi connectivity index (χ1v) is 12.3. The van der Waals surface area contributed by atoms with Crippen molar-refractivity contribution in [2.75, 3.05) is 42.3 Å². The number of carboxylic acid groups (broad SMARTS) is 2. The molecule has 2 aromatic carbocycles. The molecule has 1 fully saturated rings. The molecular formula is C22H24F5N3O6S. The lowest BCUT2D eigenvalue weighted by Gasteiger charge is -2.37. The molecule has 3 N–H and O–H groups in total. The Hall–Kier alpha value is -3.46. The fourth-order valence-corrected chi connectivity index (χ4v) is 4.48. The van der Waals surface area contributed by atoms with Crippen molar-refractivity contribution < 1.29 is 50.2 Å². The van der Waals surface area contributed by atoms with Gasteiger partial charge in [-0.1, -0.05) is 6.92 Å². The third-order valence-electron chi connectivity index (χ3n) is 5.18. The van der Waals surface area contributed by atoms with Gasteiger partial charge >= 0.3 is 18.1 Å². The van der Waals surface area contributed by atoms with E-state index in [2.05, 4.69) is 16.5 Å². The van der Waals surface area contributed by atoms with Crippen LogP contribution in [0.3, 0.4) is 0 Å². The van der Waals surface area contributed by atoms with E-state index in [-0.39, 0.29) is 11.3 Å². The van der Waals surface area contributed by atoms with Crippen molar-refractivity contribution in [1.29, 1.82) is 0 Å². The number of halogens is 5. The summed E-state index contributed by atoms with van der Waals surface area (Å²) in [6.45, 7) is 5.95. The lowest BCUT2D eigenvalue weighted by molar-refractivity contribution is -0.192. The van der Waals surface area contributed by atoms with Gasteiger partial charge in [-0.25, -0.2) is 26.8 Å². The number of nitrogens with zero attached hydrogens (tertiary/aromatic N) is 2. The highest BCUT2D eigenvalue weighted by Crippen LogP contribution is 2.31. The van der Waals surface area contributed by atoms with Gasteiger partial charge in [-0.15, -0.1) is 0 Å². The van der Waals surface area contributed by atoms with Crippen LogP contribution >= 0.6 is 0 Å². The predicted molar refractivity (Wildman–Crippen MR) is 123 cm³/mol. The van der Waals surface area contributed by atoms with E-state index in [9.17, 15) is 40.3 Å². The number of alkyl halides is 3. The van der Waals surface area contributed by atoms with Crippen molar-refractivity contribution in [3.05, 3.63) is 53.6 Å². The summed E-state index contributed by atoms with van der Waals surface area (Å²) in [5.74, 6) is -6.41. The fourth-order valence-electron chi connectivity index (χ4n) is 3.40. The molecule has 0 aromatic heterocycles. The lowest BCUT2D eigenvalue weighted by atomic mass is 10.1. The lowest BCUT2D eigenvalue weighted by Crippen LogP contribution is -2.46. The first kappa shape index (κ1) is 29.8. The minimum absolute atomic E-state index is 0.0728. The summed E-state index contributed by atoms with van der Waals surface area (Å²) >= 11 is 0. The van der Waals surface area contributed by atoms with Crippen molar-refractivity contribution in [2.24, 2.45) is 0 Å². The topological polar surface area (TPSA) is 127 Å². The predicted octanol–water partition coefficient (Wildman–Crippen LogP) is 3.63. The molecule has 204 valence electrons. The molecule has 3 rings (SSSR count). The van der Waals surface area contributed by atoms with Crippen LogP contribution in [0, 0.1) is 11.6 Å². The van der Waals surface area contributed by atoms with Crippen molar-refractivity contribution in [1.82, 2.24) is 4.90 Å². The Morgan fingerprint density at radius 1 is 0.973 bits per heavy atom. The zero-order valence-corrected chi connectivity index (χ0v) is 20.2. The summed E-state index contributed by atoms with van der Waals surface area (Å²) in [6.07, 6.45) is -4.05. The van der Waals surface area contributed by atoms with Crippen molar-refractivity contribution in [2.45, 2.75) is 24.4 Å². The highest BCUT2D eigenvalue weighted by Gasteiger charge is 2.38. The molecule has 1 heterocycles. The number of aliphatic carboxylic acids is 1. The summed E-state index contributed by atoms with van der Waals surface area (Å²) in [7, 11) is -4.26. The zero-order valence-electron chi connectivity index (χ0n) is 19.4. The van der Waals surface area contributed by atoms with Gasteiger partial charge in [0.25, 0.3) is 10.0 Å². The van der Waals surface area contributed by atoms with Crippen molar-refractivity contribution in [3.63, 3.8) is 0 Å². The Labute approximate surface area is 209 Å². The van der Waals surface area contributed by atoms with Gasteiger partial charge in [0.1, 0.15) is 0 Å². The Balaban J connectivity index is 0.000000604. The normalized spacial score (nSPS) is 14.5. The van der Waals surface area contributed by atoms with Gasteiger partial charge in [-0.2, -0.15) is 13.2 Å². The number of carboxylic acids is 2. The van der Waals surface area contributed by atoms with E-state index in [0.717, 1.165) is 38.2 Å². The van der Waals surface area contributed by atoms with Crippen LogP contribution in [0.4, 0.5) is 33.3 Å². The second-order valence-corrected chi connectivity index (χ2v) is 9.53. The van der Waals surface area contributed by atoms with Crippen LogP contribution in [0.5, 0.6) is 0 Å². The van der Waals surface area contributed by atoms with E-state index in [1.807, 2.05) is 4.90 Å². The molecule has 1 aliphatic heterocycles. The highest BCUT2D eigenvalue weighted by molar-refractivity contribution is 7.92. The van der Waals surface area contributed by atoms with Crippen LogP contribution < -0.4 is 9.62 Å². The average molecular weight is 554 g/mol. The summed E-state index contributed by atoms with van der Waals surface area (Å²) < 4.78 is 86.3. The van der Waals surface area contributed by atoms with Crippen LogP contribution in [-0.2, 0) is 14.8 Å². The minimum Gasteiger partial charge on any atom is -0.478 e. The van der Waals surface area contributed by atoms with Crippen LogP contribution in [0.2, 0.25) is 0 Å². The van der Waals surface area contributed by atoms with E-state index in [4.69, 9.17) is 9.90 Å². The van der Waals surface area contributed by atoms with Crippen molar-refractivity contribution in [3.8, 4) is 0 Å². The van der Waals surface area contributed by atoms with Crippen LogP contribution in [-0.4, -0.2) is 74.4 Å². The Bertz CT molecular complexity index is 1230. The van der Waals surface area contributed by atoms with E-state index in [1.54, 1.807) is 6.07 Å². The average Bonchev–Trinajstić information content (AvgIpc) is 2.81. The number of hydrogen-bond donors (Lipinski definition) is 3. The van der Waals surface area contributed by atoms with Crippen LogP contribution in [0.15, 0.2) is 41.3 Å². The molecule has 0 atom stereocenters. The SMILES string of the molecule is CCCN1CCN(c2ccc(C(=O)O)cc2NS(=O)(=O)c2ccc(F)c(F)c2)CC1.O=C(O)C(F)(F)F. The van der Waals surface area contributed by atoms with E-state index < -0.39 is 44.7 Å². The van der Waals surface area contributed by atoms with E-state index in [1.165, 1.54) is 12.1 Å². The number of benzene rings is 2. The maximum Gasteiger partial charge on any atom is 0.490 e. The molecule has 9 nitrogen and oxygen atoms in total. The number of nitrogens with one attached hydrogen (secondary N) is 1. The maximum absolute atomic E-state index is 13.5. The molecular weight excluding hydrogens is 529 g/mol. The van der Waals surface area contributed by atoms with E-state index >= 15 is 0 Å². The first-order valence-electron chi connectivity index (χ1n) is 10.8. The van der Waals surface area contributed by atoms with Gasteiger partial charge in [0, 0.05) is 26.2 Å². The summed E-state index contributed by atoms with van der Waals surface area (Å²) in [5, 5.41) is 16.4. The fraction of sp³-hybridized carbons (Fsp3) is 0.364. The van der Waals surface area contributed by atoms with Crippen LogP contribution in [0.25, 0.3) is 0 Å². The molecule has 0 spiro atoms. The second kappa shape index (κ2) is 12.2. The smallest absolute Gasteiger partial charge is 0.478 e. The zero-order chi connectivity index (χ0) is 28.0. The molecule has 0 amide bonds. The van der Waals surface area contributed by atoms with Gasteiger partial charge in [-0.05, 0) is 49.4 Å². The molecule has 15 heteroatoms. The Kier molecular flexibility index (Phi) is 9.80. The Morgan fingerprint density at radius 2 is 1.57 bits per heavy atom. The summed E-state index contributed by atoms with van der Waals surface area (Å²) in [5.41, 5.74) is 0.511. The molecule has 2 aromatic rings. The molecule has 0 aliphatic carbocycles. The second-order valence-electron chi connectivity index (χ2n) is 7.85. The highest BCUT2D eigenvalue weighted by atomic mass is 32.2. The number of anilines is 2. The third-order valence-corrected chi connectivity index (χ3v) is 6.55. The minimum atomic E-state index is -5.08. The van der Waals surface area contributed by atoms with Gasteiger partial charge in [0.05, 0.1) is 21.8 Å². The molecule has 1 saturated heterocycles. The number of hydrogen-bond acceptors (Lipinski definition) is 6. The summed E-state index contributed by atoms with van der Waals surface area (Å²) in [4.78, 5) is 24.1. The monoisotopic (exact) mass is 553 g/mol. The quantitative estimate of drug-likeness (QED) is 0.444. The van der Waals surface area contributed by atoms with Gasteiger partial charge in [-0.3, -0.25) is 9.62 Å². The Morgan fingerprint density at radius 3 is 2.05 bits per heavy atom. The molecule has 37 heavy (non-hydrogen) atoms. The van der Waals surface area contributed by atoms with Crippen molar-refractivity contribution >= 4 is 33.3 Å². The summed E-state index contributed by atoms with van der Waals surface area (Å²) in [6, 6.07) is 6.46. The third kappa shape index (κ3) is 8.28. The number of aromatic carboxylic acids is 1. The van der Waals surface area contributed by atoms with Gasteiger partial charge in [0.15, 0.2) is 11.6 Å². The number of carbonyl (C=O) groups is 2. The van der Waals surface area contributed by atoms with Gasteiger partial charge in [0.2, 0.25) is 0 Å². The first-order chi connectivity index (χ1) is 17.2. The van der Waals surface area contributed by atoms with Gasteiger partial charge < -0.3 is 15.1 Å². The number of rotatable bonds is 7. The number of sulfonamides is 1. The molecule has 0 saturated carbocycles. The molecule has 0 unspecified atom stereocenters. The van der Waals surface area contributed by atoms with Crippen LogP contribution in [0.1, 0.15) is 23.7 Å². The van der Waals surface area contributed by atoms with E-state index in [0.29, 0.717) is 24.8 Å².